The zero-order valence-electron chi connectivity index (χ0n) is 14.4. The van der Waals surface area contributed by atoms with Gasteiger partial charge in [-0.05, 0) is 62.4 Å². The summed E-state index contributed by atoms with van der Waals surface area (Å²) >= 11 is 6.15. The van der Waals surface area contributed by atoms with Crippen LogP contribution in [-0.2, 0) is 0 Å². The molecule has 4 nitrogen and oxygen atoms in total. The van der Waals surface area contributed by atoms with Crippen molar-refractivity contribution in [2.75, 3.05) is 6.54 Å². The highest BCUT2D eigenvalue weighted by Gasteiger charge is 2.30. The van der Waals surface area contributed by atoms with Gasteiger partial charge in [-0.2, -0.15) is 0 Å². The minimum atomic E-state index is -0.0306. The average Bonchev–Trinajstić information content (AvgIpc) is 3.34. The molecule has 2 saturated carbocycles. The second-order valence-corrected chi connectivity index (χ2v) is 7.47. The highest BCUT2D eigenvalue weighted by Crippen LogP contribution is 2.40. The number of nitrogens with one attached hydrogen (secondary N) is 1. The van der Waals surface area contributed by atoms with Crippen LogP contribution in [0.5, 0.6) is 0 Å². The van der Waals surface area contributed by atoms with Crippen molar-refractivity contribution in [1.29, 1.82) is 0 Å². The van der Waals surface area contributed by atoms with Crippen LogP contribution in [0, 0.1) is 5.92 Å². The first-order valence-corrected chi connectivity index (χ1v) is 9.14. The number of nitrogens with zero attached hydrogens (tertiary/aromatic N) is 1. The summed E-state index contributed by atoms with van der Waals surface area (Å²) in [6.07, 6.45) is 5.55. The second-order valence-electron chi connectivity index (χ2n) is 7.04. The summed E-state index contributed by atoms with van der Waals surface area (Å²) in [7, 11) is 0. The number of benzene rings is 1. The number of nitrogens with two attached hydrogens (primary N) is 1. The van der Waals surface area contributed by atoms with E-state index < -0.39 is 0 Å². The third-order valence-corrected chi connectivity index (χ3v) is 5.54. The Hall–Kier alpha value is -1.07. The van der Waals surface area contributed by atoms with E-state index in [1.165, 1.54) is 0 Å². The van der Waals surface area contributed by atoms with E-state index in [4.69, 9.17) is 22.3 Å². The first kappa shape index (κ1) is 21.2. The van der Waals surface area contributed by atoms with Gasteiger partial charge in [0.25, 0.3) is 5.91 Å². The van der Waals surface area contributed by atoms with E-state index in [2.05, 4.69) is 5.32 Å². The third-order valence-electron chi connectivity index (χ3n) is 5.31. The van der Waals surface area contributed by atoms with E-state index in [0.717, 1.165) is 48.7 Å². The largest absolute Gasteiger partial charge is 0.349 e. The first-order chi connectivity index (χ1) is 11.7. The number of fused-ring (bicyclic) bond motifs is 1. The van der Waals surface area contributed by atoms with Crippen molar-refractivity contribution in [2.24, 2.45) is 11.7 Å². The van der Waals surface area contributed by atoms with E-state index in [0.29, 0.717) is 29.0 Å². The monoisotopic (exact) mass is 415 g/mol. The second kappa shape index (κ2) is 8.75. The minimum Gasteiger partial charge on any atom is -0.349 e. The van der Waals surface area contributed by atoms with Gasteiger partial charge in [-0.25, -0.2) is 0 Å². The van der Waals surface area contributed by atoms with Crippen molar-refractivity contribution in [3.8, 4) is 0 Å². The number of halogens is 3. The van der Waals surface area contributed by atoms with E-state index in [-0.39, 0.29) is 36.8 Å². The molecule has 2 aromatic rings. The van der Waals surface area contributed by atoms with Crippen LogP contribution in [0.15, 0.2) is 24.3 Å². The fourth-order valence-electron chi connectivity index (χ4n) is 3.75. The number of rotatable bonds is 4. The van der Waals surface area contributed by atoms with Gasteiger partial charge in [0.15, 0.2) is 0 Å². The van der Waals surface area contributed by atoms with Crippen LogP contribution in [0.4, 0.5) is 0 Å². The van der Waals surface area contributed by atoms with Crippen molar-refractivity contribution < 1.29 is 4.79 Å². The lowest BCUT2D eigenvalue weighted by Gasteiger charge is -2.20. The molecule has 4 rings (SSSR count). The maximum absolute atomic E-state index is 13.0. The molecule has 7 heteroatoms. The summed E-state index contributed by atoms with van der Waals surface area (Å²) in [5.41, 5.74) is 8.40. The fraction of sp³-hybridized carbons (Fsp3) is 0.474. The predicted molar refractivity (Wildman–Crippen MR) is 111 cm³/mol. The van der Waals surface area contributed by atoms with Crippen LogP contribution in [-0.4, -0.2) is 23.5 Å². The Morgan fingerprint density at radius 3 is 2.65 bits per heavy atom. The van der Waals surface area contributed by atoms with Crippen LogP contribution in [0.1, 0.15) is 54.1 Å². The van der Waals surface area contributed by atoms with E-state index in [1.807, 2.05) is 24.3 Å². The molecule has 2 aliphatic carbocycles. The maximum atomic E-state index is 13.0. The van der Waals surface area contributed by atoms with Gasteiger partial charge in [0.05, 0.1) is 11.1 Å². The van der Waals surface area contributed by atoms with Gasteiger partial charge in [-0.3, -0.25) is 9.78 Å². The Balaban J connectivity index is 0.00000121. The zero-order valence-corrected chi connectivity index (χ0v) is 16.8. The first-order valence-electron chi connectivity index (χ1n) is 8.77. The summed E-state index contributed by atoms with van der Waals surface area (Å²) < 4.78 is 0. The molecule has 1 heterocycles. The molecular formula is C19H24Cl3N3O. The Morgan fingerprint density at radius 1 is 1.19 bits per heavy atom. The van der Waals surface area contributed by atoms with Gasteiger partial charge in [0.1, 0.15) is 0 Å². The molecule has 0 spiro atoms. The van der Waals surface area contributed by atoms with Crippen LogP contribution >= 0.6 is 36.4 Å². The summed E-state index contributed by atoms with van der Waals surface area (Å²) in [4.78, 5) is 17.7. The number of carbonyl (C=O) groups excluding carboxylic acids is 1. The van der Waals surface area contributed by atoms with E-state index in [1.54, 1.807) is 0 Å². The number of hydrogen-bond donors (Lipinski definition) is 2. The van der Waals surface area contributed by atoms with Crippen LogP contribution in [0.25, 0.3) is 10.9 Å². The molecule has 2 fully saturated rings. The number of pyridine rings is 1. The summed E-state index contributed by atoms with van der Waals surface area (Å²) in [5.74, 6) is 0.852. The molecule has 2 atom stereocenters. The van der Waals surface area contributed by atoms with Crippen molar-refractivity contribution in [1.82, 2.24) is 10.3 Å². The maximum Gasteiger partial charge on any atom is 0.252 e. The Kier molecular flexibility index (Phi) is 7.14. The minimum absolute atomic E-state index is 0. The molecule has 0 aliphatic heterocycles. The SMILES string of the molecule is Cl.Cl.NCC1CCCC1NC(=O)c1cc(C2CC2)nc2ccc(Cl)cc12. The molecular weight excluding hydrogens is 393 g/mol. The molecule has 0 saturated heterocycles. The lowest BCUT2D eigenvalue weighted by molar-refractivity contribution is 0.0930. The molecule has 2 unspecified atom stereocenters. The van der Waals surface area contributed by atoms with Gasteiger partial charge in [-0.1, -0.05) is 18.0 Å². The number of carbonyl (C=O) groups is 1. The zero-order chi connectivity index (χ0) is 16.7. The number of aromatic nitrogens is 1. The van der Waals surface area contributed by atoms with Crippen LogP contribution in [0.2, 0.25) is 5.02 Å². The fourth-order valence-corrected chi connectivity index (χ4v) is 3.92. The van der Waals surface area contributed by atoms with Gasteiger partial charge < -0.3 is 11.1 Å². The van der Waals surface area contributed by atoms with E-state index in [9.17, 15) is 4.79 Å². The van der Waals surface area contributed by atoms with Gasteiger partial charge >= 0.3 is 0 Å². The topological polar surface area (TPSA) is 68.0 Å². The van der Waals surface area contributed by atoms with Gasteiger partial charge in [-0.15, -0.1) is 24.8 Å². The standard InChI is InChI=1S/C19H22ClN3O.2ClH/c20-13-6-7-17-14(8-13)15(9-18(22-17)11-4-5-11)19(24)23-16-3-1-2-12(16)10-21;;/h6-9,11-12,16H,1-5,10,21H2,(H,23,24);2*1H. The lowest BCUT2D eigenvalue weighted by Crippen LogP contribution is -2.40. The molecule has 1 amide bonds. The smallest absolute Gasteiger partial charge is 0.252 e. The molecule has 26 heavy (non-hydrogen) atoms. The Morgan fingerprint density at radius 2 is 1.96 bits per heavy atom. The quantitative estimate of drug-likeness (QED) is 0.773. The van der Waals surface area contributed by atoms with Crippen molar-refractivity contribution in [3.05, 3.63) is 40.5 Å². The molecule has 142 valence electrons. The van der Waals surface area contributed by atoms with Crippen LogP contribution in [0.3, 0.4) is 0 Å². The molecule has 1 aromatic heterocycles. The van der Waals surface area contributed by atoms with Crippen molar-refractivity contribution in [3.63, 3.8) is 0 Å². The van der Waals surface area contributed by atoms with Crippen molar-refractivity contribution >= 4 is 53.2 Å². The summed E-state index contributed by atoms with van der Waals surface area (Å²) in [5, 5.41) is 4.65. The molecule has 1 aromatic carbocycles. The molecule has 0 bridgehead atoms. The highest BCUT2D eigenvalue weighted by molar-refractivity contribution is 6.31. The highest BCUT2D eigenvalue weighted by atomic mass is 35.5. The average molecular weight is 417 g/mol. The van der Waals surface area contributed by atoms with Gasteiger partial charge in [0, 0.05) is 28.1 Å². The molecule has 0 radical (unpaired) electrons. The van der Waals surface area contributed by atoms with E-state index >= 15 is 0 Å². The molecule has 3 N–H and O–H groups in total. The molecule has 2 aliphatic rings. The third kappa shape index (κ3) is 4.25. The Labute approximate surface area is 171 Å². The summed E-state index contributed by atoms with van der Waals surface area (Å²) in [6, 6.07) is 7.70. The number of hydrogen-bond acceptors (Lipinski definition) is 3. The number of amides is 1. The van der Waals surface area contributed by atoms with Gasteiger partial charge in [0.2, 0.25) is 0 Å². The summed E-state index contributed by atoms with van der Waals surface area (Å²) in [6.45, 7) is 0.626. The lowest BCUT2D eigenvalue weighted by atomic mass is 10.0. The Bertz CT molecular complexity index is 795. The normalized spacial score (nSPS) is 21.8. The van der Waals surface area contributed by atoms with Crippen molar-refractivity contribution in [2.45, 2.75) is 44.1 Å². The van der Waals surface area contributed by atoms with Crippen LogP contribution < -0.4 is 11.1 Å². The predicted octanol–water partition coefficient (Wildman–Crippen LogP) is 4.47.